The molecule has 2 aromatic rings. The smallest absolute Gasteiger partial charge is 0.123 e. The van der Waals surface area contributed by atoms with Crippen molar-refractivity contribution in [1.29, 1.82) is 0 Å². The molecular weight excluding hydrogens is 353 g/mol. The molecule has 0 saturated heterocycles. The van der Waals surface area contributed by atoms with E-state index in [1.54, 1.807) is 12.1 Å². The Morgan fingerprint density at radius 2 is 1.86 bits per heavy atom. The van der Waals surface area contributed by atoms with Gasteiger partial charge in [0.05, 0.1) is 0 Å². The topological polar surface area (TPSA) is 12.0 Å². The number of hydrogen-bond donors (Lipinski definition) is 1. The first-order valence-corrected chi connectivity index (χ1v) is 8.09. The van der Waals surface area contributed by atoms with Crippen molar-refractivity contribution in [3.05, 3.63) is 68.9 Å². The van der Waals surface area contributed by atoms with Crippen molar-refractivity contribution in [2.45, 2.75) is 12.8 Å². The van der Waals surface area contributed by atoms with E-state index in [0.29, 0.717) is 5.92 Å². The molecule has 0 radical (unpaired) electrons. The van der Waals surface area contributed by atoms with Gasteiger partial charge in [0.15, 0.2) is 0 Å². The van der Waals surface area contributed by atoms with E-state index in [1.165, 1.54) is 6.07 Å². The van der Waals surface area contributed by atoms with Crippen molar-refractivity contribution < 1.29 is 4.39 Å². The molecule has 0 aliphatic rings. The van der Waals surface area contributed by atoms with Gasteiger partial charge in [-0.15, -0.1) is 0 Å². The molecule has 0 spiro atoms. The first-order chi connectivity index (χ1) is 10.1. The van der Waals surface area contributed by atoms with Crippen LogP contribution in [0.5, 0.6) is 0 Å². The maximum absolute atomic E-state index is 13.4. The van der Waals surface area contributed by atoms with Gasteiger partial charge < -0.3 is 5.32 Å². The molecule has 112 valence electrons. The Balaban J connectivity index is 2.16. The lowest BCUT2D eigenvalue weighted by Crippen LogP contribution is -2.23. The highest BCUT2D eigenvalue weighted by atomic mass is 79.9. The summed E-state index contributed by atoms with van der Waals surface area (Å²) >= 11 is 9.74. The molecule has 1 N–H and O–H groups in total. The van der Waals surface area contributed by atoms with Gasteiger partial charge in [-0.05, 0) is 67.7 Å². The number of hydrogen-bond acceptors (Lipinski definition) is 1. The van der Waals surface area contributed by atoms with Crippen LogP contribution in [0.3, 0.4) is 0 Å². The van der Waals surface area contributed by atoms with Crippen LogP contribution in [0.4, 0.5) is 4.39 Å². The summed E-state index contributed by atoms with van der Waals surface area (Å²) in [4.78, 5) is 0. The van der Waals surface area contributed by atoms with Gasteiger partial charge in [0.1, 0.15) is 5.82 Å². The molecular formula is C17H18BrClFN. The molecule has 0 amide bonds. The molecule has 1 atom stereocenters. The number of nitrogens with one attached hydrogen (secondary N) is 1. The molecule has 0 bridgehead atoms. The molecule has 1 unspecified atom stereocenters. The molecule has 0 aliphatic heterocycles. The van der Waals surface area contributed by atoms with Crippen LogP contribution in [-0.2, 0) is 12.8 Å². The van der Waals surface area contributed by atoms with Crippen LogP contribution >= 0.6 is 27.5 Å². The number of benzene rings is 2. The van der Waals surface area contributed by atoms with E-state index in [4.69, 9.17) is 11.6 Å². The monoisotopic (exact) mass is 369 g/mol. The standard InChI is InChI=1S/C17H18BrClFN/c1-21-11-12(8-13-4-2-3-5-17(13)19)9-14-10-15(20)6-7-16(14)18/h2-7,10,12,21H,8-9,11H2,1H3. The molecule has 1 nitrogen and oxygen atoms in total. The van der Waals surface area contributed by atoms with E-state index >= 15 is 0 Å². The van der Waals surface area contributed by atoms with Gasteiger partial charge >= 0.3 is 0 Å². The van der Waals surface area contributed by atoms with E-state index in [0.717, 1.165) is 40.0 Å². The third-order valence-corrected chi connectivity index (χ3v) is 4.62. The maximum Gasteiger partial charge on any atom is 0.123 e. The Hall–Kier alpha value is -0.900. The van der Waals surface area contributed by atoms with E-state index in [9.17, 15) is 4.39 Å². The Morgan fingerprint density at radius 1 is 1.14 bits per heavy atom. The third kappa shape index (κ3) is 4.80. The summed E-state index contributed by atoms with van der Waals surface area (Å²) in [5, 5.41) is 4.00. The second-order valence-corrected chi connectivity index (χ2v) is 6.42. The van der Waals surface area contributed by atoms with Gasteiger partial charge in [-0.2, -0.15) is 0 Å². The summed E-state index contributed by atoms with van der Waals surface area (Å²) in [6, 6.07) is 12.7. The average molecular weight is 371 g/mol. The lowest BCUT2D eigenvalue weighted by atomic mass is 9.92. The quantitative estimate of drug-likeness (QED) is 0.765. The lowest BCUT2D eigenvalue weighted by molar-refractivity contribution is 0.491. The third-order valence-electron chi connectivity index (χ3n) is 3.48. The lowest BCUT2D eigenvalue weighted by Gasteiger charge is -2.18. The Kier molecular flexibility index (Phi) is 6.22. The van der Waals surface area contributed by atoms with E-state index in [1.807, 2.05) is 31.3 Å². The maximum atomic E-state index is 13.4. The van der Waals surface area contributed by atoms with Crippen molar-refractivity contribution in [2.75, 3.05) is 13.6 Å². The summed E-state index contributed by atoms with van der Waals surface area (Å²) in [5.74, 6) is 0.155. The Morgan fingerprint density at radius 3 is 2.57 bits per heavy atom. The van der Waals surface area contributed by atoms with Gasteiger partial charge in [0.2, 0.25) is 0 Å². The largest absolute Gasteiger partial charge is 0.319 e. The minimum atomic E-state index is -0.200. The van der Waals surface area contributed by atoms with Crippen LogP contribution in [-0.4, -0.2) is 13.6 Å². The van der Waals surface area contributed by atoms with Gasteiger partial charge in [-0.1, -0.05) is 45.7 Å². The van der Waals surface area contributed by atoms with Crippen molar-refractivity contribution in [3.8, 4) is 0 Å². The SMILES string of the molecule is CNCC(Cc1ccccc1Cl)Cc1cc(F)ccc1Br. The number of rotatable bonds is 6. The van der Waals surface area contributed by atoms with Gasteiger partial charge in [0.25, 0.3) is 0 Å². The second kappa shape index (κ2) is 7.92. The fourth-order valence-corrected chi connectivity index (χ4v) is 3.11. The van der Waals surface area contributed by atoms with E-state index in [2.05, 4.69) is 21.2 Å². The Bertz CT molecular complexity index is 603. The predicted octanol–water partition coefficient (Wildman–Crippen LogP) is 4.86. The highest BCUT2D eigenvalue weighted by Gasteiger charge is 2.14. The molecule has 0 saturated carbocycles. The van der Waals surface area contributed by atoms with Gasteiger partial charge in [0, 0.05) is 9.50 Å². The van der Waals surface area contributed by atoms with Crippen molar-refractivity contribution in [1.82, 2.24) is 5.32 Å². The molecule has 0 heterocycles. The summed E-state index contributed by atoms with van der Waals surface area (Å²) in [6.07, 6.45) is 1.66. The minimum absolute atomic E-state index is 0.200. The summed E-state index contributed by atoms with van der Waals surface area (Å²) in [7, 11) is 1.93. The Labute approximate surface area is 138 Å². The fourth-order valence-electron chi connectivity index (χ4n) is 2.49. The molecule has 0 fully saturated rings. The van der Waals surface area contributed by atoms with Crippen LogP contribution in [0.25, 0.3) is 0 Å². The minimum Gasteiger partial charge on any atom is -0.319 e. The van der Waals surface area contributed by atoms with Crippen LogP contribution < -0.4 is 5.32 Å². The van der Waals surface area contributed by atoms with Crippen molar-refractivity contribution in [3.63, 3.8) is 0 Å². The van der Waals surface area contributed by atoms with Gasteiger partial charge in [-0.25, -0.2) is 4.39 Å². The average Bonchev–Trinajstić information content (AvgIpc) is 2.45. The summed E-state index contributed by atoms with van der Waals surface area (Å²) < 4.78 is 14.4. The first kappa shape index (κ1) is 16.5. The van der Waals surface area contributed by atoms with Crippen LogP contribution in [0.15, 0.2) is 46.9 Å². The molecule has 21 heavy (non-hydrogen) atoms. The first-order valence-electron chi connectivity index (χ1n) is 6.92. The molecule has 2 aromatic carbocycles. The van der Waals surface area contributed by atoms with Crippen molar-refractivity contribution in [2.24, 2.45) is 5.92 Å². The zero-order valence-electron chi connectivity index (χ0n) is 11.9. The van der Waals surface area contributed by atoms with Crippen molar-refractivity contribution >= 4 is 27.5 Å². The molecule has 0 aromatic heterocycles. The summed E-state index contributed by atoms with van der Waals surface area (Å²) in [5.41, 5.74) is 2.12. The zero-order chi connectivity index (χ0) is 15.2. The zero-order valence-corrected chi connectivity index (χ0v) is 14.2. The molecule has 0 aliphatic carbocycles. The second-order valence-electron chi connectivity index (χ2n) is 5.16. The number of halogens is 3. The highest BCUT2D eigenvalue weighted by Crippen LogP contribution is 2.25. The fraction of sp³-hybridized carbons (Fsp3) is 0.294. The van der Waals surface area contributed by atoms with Crippen LogP contribution in [0.1, 0.15) is 11.1 Å². The van der Waals surface area contributed by atoms with Crippen LogP contribution in [0, 0.1) is 11.7 Å². The van der Waals surface area contributed by atoms with Gasteiger partial charge in [-0.3, -0.25) is 0 Å². The van der Waals surface area contributed by atoms with Crippen LogP contribution in [0.2, 0.25) is 5.02 Å². The molecule has 2 rings (SSSR count). The molecule has 4 heteroatoms. The van der Waals surface area contributed by atoms with E-state index < -0.39 is 0 Å². The predicted molar refractivity (Wildman–Crippen MR) is 90.4 cm³/mol. The highest BCUT2D eigenvalue weighted by molar-refractivity contribution is 9.10. The summed E-state index contributed by atoms with van der Waals surface area (Å²) in [6.45, 7) is 0.855. The normalized spacial score (nSPS) is 12.4. The van der Waals surface area contributed by atoms with E-state index in [-0.39, 0.29) is 5.82 Å².